The van der Waals surface area contributed by atoms with Gasteiger partial charge in [0.05, 0.1) is 11.4 Å². The van der Waals surface area contributed by atoms with Gasteiger partial charge in [-0.3, -0.25) is 4.79 Å². The maximum Gasteiger partial charge on any atom is 0.265 e. The van der Waals surface area contributed by atoms with Crippen LogP contribution < -0.4 is 10.1 Å². The van der Waals surface area contributed by atoms with E-state index in [0.717, 1.165) is 5.56 Å². The number of ether oxygens (including phenoxy) is 1. The summed E-state index contributed by atoms with van der Waals surface area (Å²) in [6.45, 7) is 3.66. The first-order valence-corrected chi connectivity index (χ1v) is 8.09. The second kappa shape index (κ2) is 7.36. The summed E-state index contributed by atoms with van der Waals surface area (Å²) >= 11 is 6.06. The Labute approximate surface area is 150 Å². The zero-order valence-electron chi connectivity index (χ0n) is 13.8. The standard InChI is InChI=1S/C18H17ClN4O2/c1-12-4-3-5-15(8-12)25-13(2)18(24)22-16-9-14(19)6-7-17(16)23-11-20-10-21-23/h3-11,13H,1-2H3,(H,22,24)/t13-/m1/s1. The van der Waals surface area contributed by atoms with Crippen LogP contribution in [-0.2, 0) is 4.79 Å². The second-order valence-electron chi connectivity index (χ2n) is 5.57. The lowest BCUT2D eigenvalue weighted by Gasteiger charge is -2.17. The van der Waals surface area contributed by atoms with Gasteiger partial charge in [0, 0.05) is 5.02 Å². The molecule has 0 fully saturated rings. The minimum Gasteiger partial charge on any atom is -0.481 e. The second-order valence-corrected chi connectivity index (χ2v) is 6.00. The number of aromatic nitrogens is 3. The van der Waals surface area contributed by atoms with Crippen LogP contribution in [0.15, 0.2) is 55.1 Å². The molecule has 1 atom stereocenters. The first-order chi connectivity index (χ1) is 12.0. The zero-order chi connectivity index (χ0) is 17.8. The summed E-state index contributed by atoms with van der Waals surface area (Å²) in [4.78, 5) is 16.4. The molecule has 2 aromatic carbocycles. The van der Waals surface area contributed by atoms with Gasteiger partial charge in [0.2, 0.25) is 0 Å². The smallest absolute Gasteiger partial charge is 0.265 e. The fourth-order valence-corrected chi connectivity index (χ4v) is 2.49. The van der Waals surface area contributed by atoms with Crippen molar-refractivity contribution in [3.8, 4) is 11.4 Å². The number of nitrogens with one attached hydrogen (secondary N) is 1. The molecule has 7 heteroatoms. The molecule has 25 heavy (non-hydrogen) atoms. The van der Waals surface area contributed by atoms with E-state index in [1.807, 2.05) is 31.2 Å². The Balaban J connectivity index is 1.77. The average Bonchev–Trinajstić information content (AvgIpc) is 3.09. The third kappa shape index (κ3) is 4.16. The highest BCUT2D eigenvalue weighted by Crippen LogP contribution is 2.24. The van der Waals surface area contributed by atoms with Crippen LogP contribution in [0.2, 0.25) is 5.02 Å². The summed E-state index contributed by atoms with van der Waals surface area (Å²) in [5, 5.41) is 7.43. The molecule has 0 aliphatic rings. The highest BCUT2D eigenvalue weighted by molar-refractivity contribution is 6.31. The number of halogens is 1. The Morgan fingerprint density at radius 2 is 2.12 bits per heavy atom. The van der Waals surface area contributed by atoms with E-state index in [2.05, 4.69) is 15.4 Å². The molecule has 0 saturated heterocycles. The van der Waals surface area contributed by atoms with Gasteiger partial charge in [-0.2, -0.15) is 5.10 Å². The predicted molar refractivity (Wildman–Crippen MR) is 96.3 cm³/mol. The average molecular weight is 357 g/mol. The van der Waals surface area contributed by atoms with Crippen LogP contribution in [0.4, 0.5) is 5.69 Å². The lowest BCUT2D eigenvalue weighted by atomic mass is 10.2. The van der Waals surface area contributed by atoms with Crippen molar-refractivity contribution in [2.45, 2.75) is 20.0 Å². The lowest BCUT2D eigenvalue weighted by Crippen LogP contribution is -2.30. The number of rotatable bonds is 5. The highest BCUT2D eigenvalue weighted by atomic mass is 35.5. The SMILES string of the molecule is Cc1cccc(O[C@H](C)C(=O)Nc2cc(Cl)ccc2-n2cncn2)c1. The number of nitrogens with zero attached hydrogens (tertiary/aromatic N) is 3. The van der Waals surface area contributed by atoms with Crippen molar-refractivity contribution in [3.05, 3.63) is 65.7 Å². The van der Waals surface area contributed by atoms with Gasteiger partial charge in [-0.25, -0.2) is 9.67 Å². The van der Waals surface area contributed by atoms with Gasteiger partial charge >= 0.3 is 0 Å². The number of anilines is 1. The van der Waals surface area contributed by atoms with Crippen LogP contribution in [0.1, 0.15) is 12.5 Å². The van der Waals surface area contributed by atoms with Crippen LogP contribution in [-0.4, -0.2) is 26.8 Å². The van der Waals surface area contributed by atoms with E-state index in [1.54, 1.807) is 36.1 Å². The monoisotopic (exact) mass is 356 g/mol. The van der Waals surface area contributed by atoms with Crippen LogP contribution in [0.5, 0.6) is 5.75 Å². The van der Waals surface area contributed by atoms with Crippen LogP contribution >= 0.6 is 11.6 Å². The van der Waals surface area contributed by atoms with Gasteiger partial charge < -0.3 is 10.1 Å². The molecule has 3 rings (SSSR count). The van der Waals surface area contributed by atoms with Gasteiger partial charge in [-0.15, -0.1) is 0 Å². The number of carbonyl (C=O) groups excluding carboxylic acids is 1. The molecule has 1 N–H and O–H groups in total. The highest BCUT2D eigenvalue weighted by Gasteiger charge is 2.17. The third-order valence-corrected chi connectivity index (χ3v) is 3.79. The molecule has 1 aromatic heterocycles. The number of aryl methyl sites for hydroxylation is 1. The Morgan fingerprint density at radius 1 is 1.28 bits per heavy atom. The maximum atomic E-state index is 12.5. The molecule has 0 saturated carbocycles. The molecule has 0 aliphatic heterocycles. The van der Waals surface area contributed by atoms with E-state index in [-0.39, 0.29) is 5.91 Å². The molecule has 0 bridgehead atoms. The largest absolute Gasteiger partial charge is 0.481 e. The van der Waals surface area contributed by atoms with Crippen molar-refractivity contribution in [1.29, 1.82) is 0 Å². The van der Waals surface area contributed by atoms with Gasteiger partial charge in [0.15, 0.2) is 6.10 Å². The number of amides is 1. The minimum atomic E-state index is -0.677. The van der Waals surface area contributed by atoms with Gasteiger partial charge in [-0.05, 0) is 49.7 Å². The van der Waals surface area contributed by atoms with Crippen LogP contribution in [0, 0.1) is 6.92 Å². The van der Waals surface area contributed by atoms with Crippen molar-refractivity contribution < 1.29 is 9.53 Å². The molecule has 128 valence electrons. The molecular formula is C18H17ClN4O2. The normalized spacial score (nSPS) is 11.8. The fourth-order valence-electron chi connectivity index (χ4n) is 2.32. The zero-order valence-corrected chi connectivity index (χ0v) is 14.6. The molecule has 0 spiro atoms. The number of benzene rings is 2. The van der Waals surface area contributed by atoms with Crippen molar-refractivity contribution in [1.82, 2.24) is 14.8 Å². The summed E-state index contributed by atoms with van der Waals surface area (Å²) in [5.74, 6) is 0.357. The van der Waals surface area contributed by atoms with Crippen molar-refractivity contribution in [2.75, 3.05) is 5.32 Å². The molecule has 1 amide bonds. The van der Waals surface area contributed by atoms with Crippen LogP contribution in [0.3, 0.4) is 0 Å². The van der Waals surface area contributed by atoms with E-state index < -0.39 is 6.10 Å². The first kappa shape index (κ1) is 17.0. The molecule has 0 aliphatic carbocycles. The summed E-state index contributed by atoms with van der Waals surface area (Å²) < 4.78 is 7.26. The molecule has 6 nitrogen and oxygen atoms in total. The number of carbonyl (C=O) groups is 1. The van der Waals surface area contributed by atoms with Crippen molar-refractivity contribution in [2.24, 2.45) is 0 Å². The summed E-state index contributed by atoms with van der Waals surface area (Å²) in [6.07, 6.45) is 2.29. The Kier molecular flexibility index (Phi) is 5.00. The Bertz CT molecular complexity index is 881. The summed E-state index contributed by atoms with van der Waals surface area (Å²) in [6, 6.07) is 12.7. The van der Waals surface area contributed by atoms with E-state index >= 15 is 0 Å². The molecule has 0 unspecified atom stereocenters. The van der Waals surface area contributed by atoms with E-state index in [4.69, 9.17) is 16.3 Å². The van der Waals surface area contributed by atoms with E-state index in [1.165, 1.54) is 6.33 Å². The van der Waals surface area contributed by atoms with Crippen molar-refractivity contribution >= 4 is 23.2 Å². The summed E-state index contributed by atoms with van der Waals surface area (Å²) in [7, 11) is 0. The lowest BCUT2D eigenvalue weighted by molar-refractivity contribution is -0.122. The molecular weight excluding hydrogens is 340 g/mol. The molecule has 0 radical (unpaired) electrons. The topological polar surface area (TPSA) is 69.0 Å². The Hall–Kier alpha value is -2.86. The van der Waals surface area contributed by atoms with Gasteiger partial charge in [-0.1, -0.05) is 23.7 Å². The van der Waals surface area contributed by atoms with Gasteiger partial charge in [0.25, 0.3) is 5.91 Å². The first-order valence-electron chi connectivity index (χ1n) is 7.71. The van der Waals surface area contributed by atoms with E-state index in [9.17, 15) is 4.79 Å². The quantitative estimate of drug-likeness (QED) is 0.757. The predicted octanol–water partition coefficient (Wildman–Crippen LogP) is 3.64. The van der Waals surface area contributed by atoms with Gasteiger partial charge in [0.1, 0.15) is 18.4 Å². The molecule has 1 heterocycles. The number of hydrogen-bond donors (Lipinski definition) is 1. The van der Waals surface area contributed by atoms with Crippen molar-refractivity contribution in [3.63, 3.8) is 0 Å². The summed E-state index contributed by atoms with van der Waals surface area (Å²) in [5.41, 5.74) is 2.26. The fraction of sp³-hybridized carbons (Fsp3) is 0.167. The maximum absolute atomic E-state index is 12.5. The van der Waals surface area contributed by atoms with Crippen LogP contribution in [0.25, 0.3) is 5.69 Å². The van der Waals surface area contributed by atoms with E-state index in [0.29, 0.717) is 22.1 Å². The third-order valence-electron chi connectivity index (χ3n) is 3.55. The minimum absolute atomic E-state index is 0.287. The Morgan fingerprint density at radius 3 is 2.84 bits per heavy atom. The number of hydrogen-bond acceptors (Lipinski definition) is 4. The molecule has 3 aromatic rings.